The van der Waals surface area contributed by atoms with Gasteiger partial charge in [0.05, 0.1) is 33.2 Å². The van der Waals surface area contributed by atoms with Crippen LogP contribution in [-0.2, 0) is 4.79 Å². The number of hydrogen-bond donors (Lipinski definition) is 2. The van der Waals surface area contributed by atoms with Crippen LogP contribution >= 0.6 is 0 Å². The Bertz CT molecular complexity index is 667. The molecular weight excluding hydrogens is 302 g/mol. The van der Waals surface area contributed by atoms with Gasteiger partial charge in [-0.2, -0.15) is 0 Å². The second kappa shape index (κ2) is 7.95. The molecule has 1 heterocycles. The molecule has 5 heteroatoms. The minimum absolute atomic E-state index is 0.0169. The summed E-state index contributed by atoms with van der Waals surface area (Å²) in [7, 11) is 2.17. The molecule has 2 N–H and O–H groups in total. The van der Waals surface area contributed by atoms with E-state index in [1.807, 2.05) is 59.6 Å². The van der Waals surface area contributed by atoms with Gasteiger partial charge in [-0.3, -0.25) is 10.2 Å². The molecule has 2 aromatic carbocycles. The van der Waals surface area contributed by atoms with E-state index in [0.29, 0.717) is 0 Å². The molecule has 0 spiro atoms. The van der Waals surface area contributed by atoms with Crippen molar-refractivity contribution in [2.45, 2.75) is 0 Å². The number of hydrazine groups is 1. The van der Waals surface area contributed by atoms with Crippen LogP contribution in [0.4, 0.5) is 0 Å². The zero-order valence-electron chi connectivity index (χ0n) is 14.0. The summed E-state index contributed by atoms with van der Waals surface area (Å²) in [6.07, 6.45) is 0. The number of amides is 1. The third-order valence-electron chi connectivity index (χ3n) is 4.23. The molecule has 0 atom stereocenters. The molecule has 1 aliphatic rings. The van der Waals surface area contributed by atoms with Crippen molar-refractivity contribution in [3.05, 3.63) is 54.6 Å². The Morgan fingerprint density at radius 3 is 2.50 bits per heavy atom. The average Bonchev–Trinajstić information content (AvgIpc) is 2.63. The first-order chi connectivity index (χ1) is 11.7. The van der Waals surface area contributed by atoms with Crippen LogP contribution < -0.4 is 15.1 Å². The van der Waals surface area contributed by atoms with Crippen LogP contribution in [0, 0.1) is 0 Å². The minimum atomic E-state index is -0.114. The van der Waals surface area contributed by atoms with E-state index in [0.717, 1.165) is 43.1 Å². The van der Waals surface area contributed by atoms with Crippen LogP contribution in [-0.4, -0.2) is 50.7 Å². The van der Waals surface area contributed by atoms with Gasteiger partial charge in [0, 0.05) is 5.56 Å². The van der Waals surface area contributed by atoms with Crippen molar-refractivity contribution in [2.75, 3.05) is 39.8 Å². The fourth-order valence-corrected chi connectivity index (χ4v) is 2.80. The average molecular weight is 326 g/mol. The van der Waals surface area contributed by atoms with Gasteiger partial charge >= 0.3 is 0 Å². The van der Waals surface area contributed by atoms with E-state index in [2.05, 4.69) is 12.5 Å². The van der Waals surface area contributed by atoms with Crippen molar-refractivity contribution in [3.63, 3.8) is 0 Å². The summed E-state index contributed by atoms with van der Waals surface area (Å²) in [5, 5.41) is 1.97. The molecule has 1 saturated heterocycles. The molecule has 0 unspecified atom stereocenters. The van der Waals surface area contributed by atoms with E-state index in [9.17, 15) is 4.79 Å². The molecule has 3 rings (SSSR count). The van der Waals surface area contributed by atoms with Crippen LogP contribution in [0.2, 0.25) is 0 Å². The molecule has 1 aliphatic heterocycles. The van der Waals surface area contributed by atoms with Gasteiger partial charge in [-0.05, 0) is 11.6 Å². The number of para-hydroxylation sites is 1. The highest BCUT2D eigenvalue weighted by molar-refractivity contribution is 5.78. The predicted octanol–water partition coefficient (Wildman–Crippen LogP) is 0.594. The molecule has 0 bridgehead atoms. The topological polar surface area (TPSA) is 46.0 Å². The summed E-state index contributed by atoms with van der Waals surface area (Å²) in [6.45, 7) is 3.84. The molecular formula is C19H24N3O2+. The van der Waals surface area contributed by atoms with E-state index < -0.39 is 0 Å². The van der Waals surface area contributed by atoms with Gasteiger partial charge in [0.2, 0.25) is 0 Å². The van der Waals surface area contributed by atoms with Crippen molar-refractivity contribution in [1.29, 1.82) is 0 Å². The minimum Gasteiger partial charge on any atom is -0.483 e. The van der Waals surface area contributed by atoms with Crippen LogP contribution in [0.3, 0.4) is 0 Å². The third-order valence-corrected chi connectivity index (χ3v) is 4.23. The Labute approximate surface area is 142 Å². The number of likely N-dealkylation sites (N-methyl/N-ethyl adjacent to an activating group) is 1. The number of ether oxygens (including phenoxy) is 1. The number of nitrogens with zero attached hydrogens (tertiary/aromatic N) is 1. The summed E-state index contributed by atoms with van der Waals surface area (Å²) < 4.78 is 5.77. The van der Waals surface area contributed by atoms with Crippen LogP contribution in [0.1, 0.15) is 0 Å². The number of carbonyl (C=O) groups is 1. The van der Waals surface area contributed by atoms with Gasteiger partial charge < -0.3 is 9.64 Å². The highest BCUT2D eigenvalue weighted by Crippen LogP contribution is 2.29. The van der Waals surface area contributed by atoms with E-state index >= 15 is 0 Å². The van der Waals surface area contributed by atoms with Gasteiger partial charge in [0.15, 0.2) is 6.61 Å². The van der Waals surface area contributed by atoms with Crippen LogP contribution in [0.25, 0.3) is 11.1 Å². The molecule has 0 radical (unpaired) electrons. The fraction of sp³-hybridized carbons (Fsp3) is 0.316. The molecule has 0 saturated carbocycles. The first-order valence-corrected chi connectivity index (χ1v) is 8.35. The summed E-state index contributed by atoms with van der Waals surface area (Å²) in [5.41, 5.74) is 5.00. The van der Waals surface area contributed by atoms with Crippen molar-refractivity contribution in [1.82, 2.24) is 10.4 Å². The molecule has 1 fully saturated rings. The maximum atomic E-state index is 12.1. The Hall–Kier alpha value is -2.37. The van der Waals surface area contributed by atoms with Gasteiger partial charge in [-0.1, -0.05) is 48.5 Å². The Kier molecular flexibility index (Phi) is 5.46. The molecule has 2 aromatic rings. The number of rotatable bonds is 5. The largest absolute Gasteiger partial charge is 0.483 e. The molecule has 5 nitrogen and oxygen atoms in total. The van der Waals surface area contributed by atoms with E-state index in [-0.39, 0.29) is 12.5 Å². The molecule has 0 aliphatic carbocycles. The fourth-order valence-electron chi connectivity index (χ4n) is 2.80. The highest BCUT2D eigenvalue weighted by Gasteiger charge is 2.18. The SMILES string of the molecule is C[NH+]1CCN(NC(=O)COc2ccccc2-c2ccccc2)CC1. The number of nitrogens with one attached hydrogen (secondary N) is 2. The van der Waals surface area contributed by atoms with E-state index in [4.69, 9.17) is 4.74 Å². The van der Waals surface area contributed by atoms with Crippen LogP contribution in [0.5, 0.6) is 5.75 Å². The smallest absolute Gasteiger partial charge is 0.272 e. The van der Waals surface area contributed by atoms with Crippen molar-refractivity contribution < 1.29 is 14.4 Å². The summed E-state index contributed by atoms with van der Waals surface area (Å²) >= 11 is 0. The highest BCUT2D eigenvalue weighted by atomic mass is 16.5. The molecule has 1 amide bonds. The first kappa shape index (κ1) is 16.5. The van der Waals surface area contributed by atoms with Gasteiger partial charge in [0.25, 0.3) is 5.91 Å². The number of piperazine rings is 1. The number of benzene rings is 2. The van der Waals surface area contributed by atoms with Gasteiger partial charge in [-0.25, -0.2) is 5.01 Å². The quantitative estimate of drug-likeness (QED) is 0.846. The predicted molar refractivity (Wildman–Crippen MR) is 93.7 cm³/mol. The third kappa shape index (κ3) is 4.34. The lowest BCUT2D eigenvalue weighted by Gasteiger charge is -2.30. The summed E-state index contributed by atoms with van der Waals surface area (Å²) in [5.74, 6) is 0.610. The first-order valence-electron chi connectivity index (χ1n) is 8.35. The van der Waals surface area contributed by atoms with E-state index in [1.54, 1.807) is 0 Å². The molecule has 0 aromatic heterocycles. The standard InChI is InChI=1S/C19H23N3O2/c1-21-11-13-22(14-12-21)20-19(23)15-24-18-10-6-5-9-17(18)16-7-3-2-4-8-16/h2-10H,11-15H2,1H3,(H,20,23)/p+1. The Morgan fingerprint density at radius 1 is 1.08 bits per heavy atom. The zero-order valence-corrected chi connectivity index (χ0v) is 14.0. The maximum absolute atomic E-state index is 12.1. The number of hydrogen-bond acceptors (Lipinski definition) is 3. The van der Waals surface area contributed by atoms with E-state index in [1.165, 1.54) is 4.90 Å². The second-order valence-electron chi connectivity index (χ2n) is 6.13. The Morgan fingerprint density at radius 2 is 1.75 bits per heavy atom. The normalized spacial score (nSPS) is 15.9. The number of quaternary nitrogens is 1. The van der Waals surface area contributed by atoms with Crippen LogP contribution in [0.15, 0.2) is 54.6 Å². The maximum Gasteiger partial charge on any atom is 0.272 e. The summed E-state index contributed by atoms with van der Waals surface area (Å²) in [6, 6.07) is 17.8. The monoisotopic (exact) mass is 326 g/mol. The second-order valence-corrected chi connectivity index (χ2v) is 6.13. The summed E-state index contributed by atoms with van der Waals surface area (Å²) in [4.78, 5) is 13.6. The van der Waals surface area contributed by atoms with Crippen molar-refractivity contribution >= 4 is 5.91 Å². The lowest BCUT2D eigenvalue weighted by molar-refractivity contribution is -0.884. The van der Waals surface area contributed by atoms with Crippen molar-refractivity contribution in [2.24, 2.45) is 0 Å². The molecule has 126 valence electrons. The van der Waals surface area contributed by atoms with Gasteiger partial charge in [0.1, 0.15) is 5.75 Å². The van der Waals surface area contributed by atoms with Gasteiger partial charge in [-0.15, -0.1) is 0 Å². The zero-order chi connectivity index (χ0) is 16.8. The lowest BCUT2D eigenvalue weighted by atomic mass is 10.1. The molecule has 24 heavy (non-hydrogen) atoms. The lowest BCUT2D eigenvalue weighted by Crippen LogP contribution is -3.12. The van der Waals surface area contributed by atoms with Crippen molar-refractivity contribution in [3.8, 4) is 16.9 Å². The Balaban J connectivity index is 1.58. The number of carbonyl (C=O) groups excluding carboxylic acids is 1.